The van der Waals surface area contributed by atoms with E-state index in [1.807, 2.05) is 66.6 Å². The lowest BCUT2D eigenvalue weighted by molar-refractivity contribution is 0.0589. The van der Waals surface area contributed by atoms with Gasteiger partial charge in [-0.15, -0.1) is 11.8 Å². The molecule has 0 bridgehead atoms. The molecule has 0 radical (unpaired) electrons. The first-order valence-corrected chi connectivity index (χ1v) is 18.6. The van der Waals surface area contributed by atoms with Gasteiger partial charge in [-0.2, -0.15) is 10.2 Å². The van der Waals surface area contributed by atoms with Crippen molar-refractivity contribution in [3.8, 4) is 5.75 Å². The Morgan fingerprint density at radius 1 is 1.14 bits per heavy atom. The zero-order valence-electron chi connectivity index (χ0n) is 29.8. The van der Waals surface area contributed by atoms with Crippen molar-refractivity contribution in [2.24, 2.45) is 19.2 Å². The van der Waals surface area contributed by atoms with Crippen molar-refractivity contribution in [2.75, 3.05) is 27.3 Å². The molecule has 0 unspecified atom stereocenters. The molecule has 51 heavy (non-hydrogen) atoms. The van der Waals surface area contributed by atoms with Crippen molar-refractivity contribution >= 4 is 63.3 Å². The maximum Gasteiger partial charge on any atom is 0.354 e. The van der Waals surface area contributed by atoms with E-state index >= 15 is 0 Å². The Bertz CT molecular complexity index is 2120. The number of thioether (sulfide) groups is 1. The highest BCUT2D eigenvalue weighted by molar-refractivity contribution is 7.98. The van der Waals surface area contributed by atoms with Crippen LogP contribution < -0.4 is 10.1 Å². The maximum atomic E-state index is 14.3. The van der Waals surface area contributed by atoms with Gasteiger partial charge in [0.15, 0.2) is 0 Å². The van der Waals surface area contributed by atoms with E-state index in [1.54, 1.807) is 30.1 Å². The van der Waals surface area contributed by atoms with E-state index in [9.17, 15) is 9.18 Å². The summed E-state index contributed by atoms with van der Waals surface area (Å²) in [6.45, 7) is 3.86. The highest BCUT2D eigenvalue weighted by Crippen LogP contribution is 2.37. The van der Waals surface area contributed by atoms with Gasteiger partial charge in [0.1, 0.15) is 17.3 Å². The number of aryl methyl sites for hydroxylation is 3. The molecule has 1 aliphatic rings. The lowest BCUT2D eigenvalue weighted by Crippen LogP contribution is -2.22. The summed E-state index contributed by atoms with van der Waals surface area (Å²) in [5.41, 5.74) is 6.28. The fraction of sp³-hybridized carbons (Fsp3) is 0.359. The molecule has 2 aromatic heterocycles. The van der Waals surface area contributed by atoms with Crippen LogP contribution in [0.25, 0.3) is 27.8 Å². The molecular formula is C39H44ClFN6O3S. The third kappa shape index (κ3) is 7.95. The quantitative estimate of drug-likeness (QED) is 0.0563. The number of hydrazone groups is 1. The van der Waals surface area contributed by atoms with E-state index in [-0.39, 0.29) is 5.82 Å². The third-order valence-corrected chi connectivity index (χ3v) is 10.6. The van der Waals surface area contributed by atoms with E-state index in [2.05, 4.69) is 27.7 Å². The topological polar surface area (TPSA) is 85.9 Å². The number of aromatic nitrogens is 3. The van der Waals surface area contributed by atoms with Crippen molar-refractivity contribution in [1.29, 1.82) is 0 Å². The van der Waals surface area contributed by atoms with Crippen molar-refractivity contribution in [2.45, 2.75) is 56.2 Å². The summed E-state index contributed by atoms with van der Waals surface area (Å²) in [6, 6.07) is 14.8. The van der Waals surface area contributed by atoms with Crippen LogP contribution in [-0.2, 0) is 37.6 Å². The molecule has 1 aliphatic heterocycles. The second-order valence-electron chi connectivity index (χ2n) is 12.6. The molecule has 0 aliphatic carbocycles. The minimum absolute atomic E-state index is 0.297. The molecule has 0 saturated carbocycles. The van der Waals surface area contributed by atoms with Crippen LogP contribution in [0.4, 0.5) is 4.39 Å². The van der Waals surface area contributed by atoms with Crippen molar-refractivity contribution in [1.82, 2.24) is 24.7 Å². The predicted molar refractivity (Wildman–Crippen MR) is 205 cm³/mol. The first kappa shape index (κ1) is 36.5. The van der Waals surface area contributed by atoms with Gasteiger partial charge < -0.3 is 19.4 Å². The number of carbonyl (C=O) groups excluding carboxylic acids is 1. The number of methoxy groups -OCH3 is 1. The normalized spacial score (nSPS) is 14.4. The van der Waals surface area contributed by atoms with E-state index in [1.165, 1.54) is 13.2 Å². The summed E-state index contributed by atoms with van der Waals surface area (Å²) < 4.78 is 29.8. The molecule has 12 heteroatoms. The van der Waals surface area contributed by atoms with Crippen LogP contribution in [0.2, 0.25) is 5.02 Å². The number of esters is 1. The van der Waals surface area contributed by atoms with E-state index in [0.29, 0.717) is 48.2 Å². The average molecular weight is 731 g/mol. The predicted octanol–water partition coefficient (Wildman–Crippen LogP) is 8.50. The number of allylic oxidation sites excluding steroid dienone is 1. The second kappa shape index (κ2) is 16.4. The van der Waals surface area contributed by atoms with Crippen molar-refractivity contribution < 1.29 is 18.7 Å². The van der Waals surface area contributed by atoms with E-state index in [4.69, 9.17) is 21.1 Å². The number of nitrogens with one attached hydrogen (secondary N) is 1. The van der Waals surface area contributed by atoms with Crippen molar-refractivity contribution in [3.05, 3.63) is 93.3 Å². The Morgan fingerprint density at radius 3 is 2.75 bits per heavy atom. The highest BCUT2D eigenvalue weighted by atomic mass is 35.5. The number of fused-ring (bicyclic) bond motifs is 2. The smallest absolute Gasteiger partial charge is 0.354 e. The van der Waals surface area contributed by atoms with Gasteiger partial charge in [0, 0.05) is 76.8 Å². The van der Waals surface area contributed by atoms with Gasteiger partial charge in [-0.25, -0.2) is 9.18 Å². The number of ether oxygens (including phenoxy) is 2. The fourth-order valence-corrected chi connectivity index (χ4v) is 8.04. The van der Waals surface area contributed by atoms with Crippen LogP contribution in [0.3, 0.4) is 0 Å². The molecule has 1 fully saturated rings. The monoisotopic (exact) mass is 730 g/mol. The minimum Gasteiger partial charge on any atom is -0.493 e. The zero-order valence-corrected chi connectivity index (χ0v) is 31.3. The lowest BCUT2D eigenvalue weighted by atomic mass is 10.0. The summed E-state index contributed by atoms with van der Waals surface area (Å²) in [5.74, 6) is 0.694. The molecule has 0 atom stereocenters. The number of nitrogens with zero attached hydrogens (tertiary/aromatic N) is 5. The first-order chi connectivity index (χ1) is 24.7. The van der Waals surface area contributed by atoms with Crippen LogP contribution in [0.5, 0.6) is 5.75 Å². The molecule has 3 heterocycles. The summed E-state index contributed by atoms with van der Waals surface area (Å²) in [7, 11) is 7.14. The van der Waals surface area contributed by atoms with Gasteiger partial charge in [-0.3, -0.25) is 9.69 Å². The Kier molecular flexibility index (Phi) is 11.7. The number of hydrogen-bond acceptors (Lipinski definition) is 8. The van der Waals surface area contributed by atoms with Gasteiger partial charge >= 0.3 is 5.97 Å². The summed E-state index contributed by atoms with van der Waals surface area (Å²) in [4.78, 5) is 14.2. The minimum atomic E-state index is -0.404. The SMILES string of the molecule is C/C=N/N1CCCC/C1=C\c1c(Cl)ccc2c(CCCOc3cc(SCc4cc(CNC)nn4C)cc4cc(F)ccc34)c(C(=O)OC)n(C)c12. The van der Waals surface area contributed by atoms with E-state index < -0.39 is 5.97 Å². The Morgan fingerprint density at radius 2 is 1.96 bits per heavy atom. The molecule has 9 nitrogen and oxygen atoms in total. The largest absolute Gasteiger partial charge is 0.493 e. The number of halogens is 2. The number of piperidine rings is 1. The second-order valence-corrected chi connectivity index (χ2v) is 14.1. The van der Waals surface area contributed by atoms with Crippen molar-refractivity contribution in [3.63, 3.8) is 0 Å². The summed E-state index contributed by atoms with van der Waals surface area (Å²) in [6.07, 6.45) is 8.17. The summed E-state index contributed by atoms with van der Waals surface area (Å²) >= 11 is 8.51. The fourth-order valence-electron chi connectivity index (χ4n) is 6.85. The maximum absolute atomic E-state index is 14.3. The van der Waals surface area contributed by atoms with Crippen LogP contribution in [0, 0.1) is 5.82 Å². The lowest BCUT2D eigenvalue weighted by Gasteiger charge is -2.27. The van der Waals surface area contributed by atoms with Crippen LogP contribution >= 0.6 is 23.4 Å². The zero-order chi connectivity index (χ0) is 36.1. The standard InChI is InChI=1S/C39H44ClFN6O3S/c1-6-43-47-16-8-7-10-28(47)21-34-35(40)15-14-33-32(38(39(48)49-5)45(3)37(33)34)11-9-17-50-36-22-30(19-25-18-26(41)12-13-31(25)36)51-24-29-20-27(23-42-2)44-46(29)4/h6,12-15,18-22,42H,7-11,16-17,23-24H2,1-5H3/b28-21+,43-6+. The van der Waals surface area contributed by atoms with E-state index in [0.717, 1.165) is 80.6 Å². The Labute approximate surface area is 307 Å². The molecule has 268 valence electrons. The average Bonchev–Trinajstić information content (AvgIpc) is 3.62. The number of hydrogen-bond donors (Lipinski definition) is 1. The number of benzene rings is 3. The summed E-state index contributed by atoms with van der Waals surface area (Å²) in [5, 5.41) is 17.5. The molecule has 0 amide bonds. The number of carbonyl (C=O) groups is 1. The molecule has 1 saturated heterocycles. The molecule has 0 spiro atoms. The molecule has 3 aromatic carbocycles. The Hall–Kier alpha value is -4.32. The molecule has 5 aromatic rings. The van der Waals surface area contributed by atoms with Gasteiger partial charge in [0.25, 0.3) is 0 Å². The highest BCUT2D eigenvalue weighted by Gasteiger charge is 2.25. The molecule has 6 rings (SSSR count). The number of rotatable bonds is 13. The van der Waals surface area contributed by atoms with Crippen LogP contribution in [0.15, 0.2) is 64.2 Å². The van der Waals surface area contributed by atoms with Crippen LogP contribution in [0.1, 0.15) is 65.6 Å². The first-order valence-electron chi connectivity index (χ1n) is 17.2. The third-order valence-electron chi connectivity index (χ3n) is 9.23. The Balaban J connectivity index is 1.26. The molecular weight excluding hydrogens is 687 g/mol. The molecule has 1 N–H and O–H groups in total. The van der Waals surface area contributed by atoms with Gasteiger partial charge in [-0.1, -0.05) is 17.7 Å². The van der Waals surface area contributed by atoms with Gasteiger partial charge in [0.2, 0.25) is 0 Å². The van der Waals surface area contributed by atoms with Crippen LogP contribution in [-0.4, -0.2) is 58.8 Å². The van der Waals surface area contributed by atoms with Gasteiger partial charge in [0.05, 0.1) is 24.9 Å². The van der Waals surface area contributed by atoms with Gasteiger partial charge in [-0.05, 0) is 106 Å².